The number of amidine groups is 1. The van der Waals surface area contributed by atoms with Gasteiger partial charge in [-0.1, -0.05) is 23.7 Å². The topological polar surface area (TPSA) is 77.4 Å². The average molecular weight is 481 g/mol. The minimum absolute atomic E-state index is 0.144. The Morgan fingerprint density at radius 1 is 1.12 bits per heavy atom. The Labute approximate surface area is 204 Å². The van der Waals surface area contributed by atoms with E-state index in [2.05, 4.69) is 15.1 Å². The van der Waals surface area contributed by atoms with Gasteiger partial charge in [-0.25, -0.2) is 4.99 Å². The Balaban J connectivity index is 1.34. The van der Waals surface area contributed by atoms with Crippen molar-refractivity contribution in [1.29, 1.82) is 0 Å². The zero-order chi connectivity index (χ0) is 23.2. The van der Waals surface area contributed by atoms with E-state index in [1.807, 2.05) is 36.4 Å². The minimum atomic E-state index is -0.693. The van der Waals surface area contributed by atoms with Crippen molar-refractivity contribution in [2.75, 3.05) is 39.3 Å². The first-order chi connectivity index (χ1) is 16.6. The van der Waals surface area contributed by atoms with Gasteiger partial charge in [0.05, 0.1) is 11.5 Å². The number of halogens is 1. The van der Waals surface area contributed by atoms with Crippen LogP contribution in [-0.2, 0) is 4.79 Å². The zero-order valence-corrected chi connectivity index (χ0v) is 19.7. The van der Waals surface area contributed by atoms with E-state index in [0.29, 0.717) is 35.5 Å². The molecule has 4 saturated heterocycles. The normalized spacial score (nSPS) is 28.7. The van der Waals surface area contributed by atoms with Crippen molar-refractivity contribution < 1.29 is 14.6 Å². The van der Waals surface area contributed by atoms with Gasteiger partial charge in [0.25, 0.3) is 0 Å². The van der Waals surface area contributed by atoms with E-state index in [9.17, 15) is 9.90 Å². The van der Waals surface area contributed by atoms with Crippen LogP contribution < -0.4 is 10.1 Å². The summed E-state index contributed by atoms with van der Waals surface area (Å²) in [4.78, 5) is 22.2. The van der Waals surface area contributed by atoms with Gasteiger partial charge >= 0.3 is 5.97 Å². The van der Waals surface area contributed by atoms with Crippen molar-refractivity contribution in [3.8, 4) is 11.5 Å². The number of nitrogens with one attached hydrogen (secondary N) is 1. The highest BCUT2D eigenvalue weighted by molar-refractivity contribution is 6.31. The summed E-state index contributed by atoms with van der Waals surface area (Å²) in [5.74, 6) is 1.78. The summed E-state index contributed by atoms with van der Waals surface area (Å²) in [7, 11) is 0. The van der Waals surface area contributed by atoms with E-state index in [0.717, 1.165) is 56.2 Å². The Kier molecular flexibility index (Phi) is 5.71. The van der Waals surface area contributed by atoms with Crippen molar-refractivity contribution in [2.45, 2.75) is 18.9 Å². The van der Waals surface area contributed by atoms with E-state index in [-0.39, 0.29) is 12.0 Å². The second kappa shape index (κ2) is 8.87. The standard InChI is InChI=1S/C26H29ClN4O3/c27-17-5-6-23-20(13-17)29-25(18-3-1-2-4-22(18)34-23)31-12-9-28-21(15-31)24(26(32)33)19-14-30-10-7-16(19)8-11-30/h1-6,13,16,19,21,24,28H,7-12,14-15H2,(H,32,33)/t19?,21-,24-/m1/s1. The quantitative estimate of drug-likeness (QED) is 0.695. The molecule has 8 heteroatoms. The van der Waals surface area contributed by atoms with Crippen molar-refractivity contribution in [3.63, 3.8) is 0 Å². The molecule has 0 radical (unpaired) electrons. The largest absolute Gasteiger partial charge is 0.481 e. The van der Waals surface area contributed by atoms with E-state index in [1.165, 1.54) is 0 Å². The predicted octanol–water partition coefficient (Wildman–Crippen LogP) is 3.84. The number of carboxylic acids is 1. The van der Waals surface area contributed by atoms with E-state index >= 15 is 0 Å². The molecule has 4 fully saturated rings. The molecule has 0 aromatic heterocycles. The molecule has 2 N–H and O–H groups in total. The highest BCUT2D eigenvalue weighted by Gasteiger charge is 2.46. The van der Waals surface area contributed by atoms with Gasteiger partial charge in [-0.2, -0.15) is 0 Å². The SMILES string of the molecule is O=C(O)[C@H](C1CN2CCC1CC2)[C@H]1CN(C2=Nc3cc(Cl)ccc3Oc3ccccc32)CCN1. The maximum atomic E-state index is 12.6. The second-order valence-electron chi connectivity index (χ2n) is 9.82. The molecule has 5 aliphatic rings. The number of rotatable bonds is 3. The van der Waals surface area contributed by atoms with Gasteiger partial charge in [0, 0.05) is 37.2 Å². The van der Waals surface area contributed by atoms with Gasteiger partial charge in [-0.05, 0) is 68.1 Å². The summed E-state index contributed by atoms with van der Waals surface area (Å²) in [6.07, 6.45) is 2.22. The lowest BCUT2D eigenvalue weighted by molar-refractivity contribution is -0.149. The first-order valence-corrected chi connectivity index (χ1v) is 12.5. The summed E-state index contributed by atoms with van der Waals surface area (Å²) in [6.45, 7) is 5.14. The van der Waals surface area contributed by atoms with Crippen LogP contribution in [0.15, 0.2) is 47.5 Å². The number of hydrogen-bond acceptors (Lipinski definition) is 6. The number of ether oxygens (including phenoxy) is 1. The number of benzene rings is 2. The summed E-state index contributed by atoms with van der Waals surface area (Å²) >= 11 is 6.27. The molecule has 34 heavy (non-hydrogen) atoms. The van der Waals surface area contributed by atoms with Crippen molar-refractivity contribution in [3.05, 3.63) is 53.1 Å². The maximum Gasteiger partial charge on any atom is 0.308 e. The number of carboxylic acid groups (broad SMARTS) is 1. The Morgan fingerprint density at radius 2 is 1.94 bits per heavy atom. The average Bonchev–Trinajstić information content (AvgIpc) is 3.01. The molecule has 2 aromatic carbocycles. The Bertz CT molecular complexity index is 1130. The van der Waals surface area contributed by atoms with Gasteiger partial charge in [-0.15, -0.1) is 0 Å². The Hall–Kier alpha value is -2.61. The summed E-state index contributed by atoms with van der Waals surface area (Å²) in [6, 6.07) is 13.2. The number of hydrogen-bond donors (Lipinski definition) is 2. The lowest BCUT2D eigenvalue weighted by atomic mass is 9.70. The molecule has 1 unspecified atom stereocenters. The lowest BCUT2D eigenvalue weighted by Crippen LogP contribution is -2.61. The highest BCUT2D eigenvalue weighted by Crippen LogP contribution is 2.41. The smallest absolute Gasteiger partial charge is 0.308 e. The van der Waals surface area contributed by atoms with Crippen LogP contribution in [0.5, 0.6) is 11.5 Å². The number of piperidine rings is 3. The van der Waals surface area contributed by atoms with Crippen LogP contribution in [0, 0.1) is 17.8 Å². The first-order valence-electron chi connectivity index (χ1n) is 12.2. The number of nitrogens with zero attached hydrogens (tertiary/aromatic N) is 3. The van der Waals surface area contributed by atoms with Gasteiger partial charge in [-0.3, -0.25) is 4.79 Å². The molecule has 0 amide bonds. The van der Waals surface area contributed by atoms with Crippen molar-refractivity contribution in [2.24, 2.45) is 22.7 Å². The molecule has 7 rings (SSSR count). The van der Waals surface area contributed by atoms with Crippen LogP contribution in [0.1, 0.15) is 18.4 Å². The fourth-order valence-electron chi connectivity index (χ4n) is 6.22. The third-order valence-corrected chi connectivity index (χ3v) is 8.12. The van der Waals surface area contributed by atoms with E-state index < -0.39 is 11.9 Å². The number of fused-ring (bicyclic) bond motifs is 5. The number of aliphatic imine (C=N–C) groups is 1. The maximum absolute atomic E-state index is 12.6. The molecule has 2 bridgehead atoms. The molecular weight excluding hydrogens is 452 g/mol. The molecule has 0 spiro atoms. The van der Waals surface area contributed by atoms with Gasteiger partial charge in [0.1, 0.15) is 17.3 Å². The van der Waals surface area contributed by atoms with Gasteiger partial charge in [0.15, 0.2) is 5.75 Å². The summed E-state index contributed by atoms with van der Waals surface area (Å²) in [5, 5.41) is 14.5. The van der Waals surface area contributed by atoms with Gasteiger partial charge in [0.2, 0.25) is 0 Å². The molecule has 0 aliphatic carbocycles. The monoisotopic (exact) mass is 480 g/mol. The van der Waals surface area contributed by atoms with Gasteiger partial charge < -0.3 is 25.0 Å². The first kappa shape index (κ1) is 21.9. The van der Waals surface area contributed by atoms with Crippen LogP contribution in [-0.4, -0.2) is 72.0 Å². The fourth-order valence-corrected chi connectivity index (χ4v) is 6.39. The molecular formula is C26H29ClN4O3. The highest BCUT2D eigenvalue weighted by atomic mass is 35.5. The second-order valence-corrected chi connectivity index (χ2v) is 10.3. The van der Waals surface area contributed by atoms with Crippen LogP contribution in [0.4, 0.5) is 5.69 Å². The molecule has 5 aliphatic heterocycles. The molecule has 178 valence electrons. The fraction of sp³-hybridized carbons (Fsp3) is 0.462. The Morgan fingerprint density at radius 3 is 2.71 bits per heavy atom. The zero-order valence-electron chi connectivity index (χ0n) is 19.0. The number of piperazine rings is 1. The molecule has 5 heterocycles. The van der Waals surface area contributed by atoms with E-state index in [4.69, 9.17) is 21.3 Å². The number of para-hydroxylation sites is 1. The van der Waals surface area contributed by atoms with Crippen molar-refractivity contribution >= 4 is 29.1 Å². The lowest BCUT2D eigenvalue weighted by Gasteiger charge is -2.49. The van der Waals surface area contributed by atoms with Crippen LogP contribution in [0.3, 0.4) is 0 Å². The molecule has 2 aromatic rings. The summed E-state index contributed by atoms with van der Waals surface area (Å²) < 4.78 is 6.20. The molecule has 0 saturated carbocycles. The van der Waals surface area contributed by atoms with E-state index in [1.54, 1.807) is 6.07 Å². The van der Waals surface area contributed by atoms with Crippen LogP contribution in [0.25, 0.3) is 0 Å². The number of aliphatic carboxylic acids is 1. The predicted molar refractivity (Wildman–Crippen MR) is 131 cm³/mol. The third-order valence-electron chi connectivity index (χ3n) is 7.89. The summed E-state index contributed by atoms with van der Waals surface area (Å²) in [5.41, 5.74) is 1.59. The third kappa shape index (κ3) is 3.96. The number of carbonyl (C=O) groups is 1. The van der Waals surface area contributed by atoms with Crippen LogP contribution in [0.2, 0.25) is 5.02 Å². The minimum Gasteiger partial charge on any atom is -0.481 e. The van der Waals surface area contributed by atoms with Crippen molar-refractivity contribution in [1.82, 2.24) is 15.1 Å². The molecule has 3 atom stereocenters. The van der Waals surface area contributed by atoms with Crippen LogP contribution >= 0.6 is 11.6 Å². The molecule has 7 nitrogen and oxygen atoms in total.